The van der Waals surface area contributed by atoms with Gasteiger partial charge in [-0.05, 0) is 80.4 Å². The lowest BCUT2D eigenvalue weighted by Crippen LogP contribution is -2.39. The minimum absolute atomic E-state index is 0.236. The Morgan fingerprint density at radius 3 is 2.34 bits per heavy atom. The lowest BCUT2D eigenvalue weighted by Gasteiger charge is -2.24. The Labute approximate surface area is 274 Å². The summed E-state index contributed by atoms with van der Waals surface area (Å²) in [4.78, 5) is 44.5. The smallest absolute Gasteiger partial charge is 0.338 e. The molecule has 10 nitrogen and oxygen atoms in total. The van der Waals surface area contributed by atoms with Gasteiger partial charge in [-0.3, -0.25) is 9.36 Å². The number of methoxy groups -OCH3 is 2. The molecule has 0 saturated carbocycles. The summed E-state index contributed by atoms with van der Waals surface area (Å²) in [6.07, 6.45) is 3.70. The maximum Gasteiger partial charge on any atom is 0.338 e. The van der Waals surface area contributed by atoms with E-state index in [4.69, 9.17) is 19.3 Å². The van der Waals surface area contributed by atoms with Crippen molar-refractivity contribution in [1.29, 1.82) is 0 Å². The van der Waals surface area contributed by atoms with Gasteiger partial charge in [0.1, 0.15) is 11.4 Å². The fourth-order valence-corrected chi connectivity index (χ4v) is 6.65. The van der Waals surface area contributed by atoms with E-state index in [1.807, 2.05) is 74.7 Å². The molecule has 1 aliphatic heterocycles. The van der Waals surface area contributed by atoms with E-state index >= 15 is 0 Å². The molecular weight excluding hydrogens is 616 g/mol. The predicted molar refractivity (Wildman–Crippen MR) is 178 cm³/mol. The summed E-state index contributed by atoms with van der Waals surface area (Å²) < 4.78 is 19.4. The maximum absolute atomic E-state index is 14.3. The van der Waals surface area contributed by atoms with Gasteiger partial charge in [-0.2, -0.15) is 5.10 Å². The standard InChI is InChI=1S/C36H32N4O6S/c1-6-46-28-17-16-25(18-21(28)2)31-26(20-39(38-31)27-10-8-7-9-11-27)19-29-33(41)40-32(23-12-14-24(15-13-23)34(42)44-4)30(35(43)45-5)22(3)37-36(40)47-29/h7-20,32H,6H2,1-5H3. The number of carbonyl (C=O) groups is 2. The van der Waals surface area contributed by atoms with Crippen LogP contribution in [-0.2, 0) is 14.3 Å². The number of aryl methyl sites for hydroxylation is 1. The fourth-order valence-electron chi connectivity index (χ4n) is 5.61. The molecule has 0 bridgehead atoms. The third-order valence-electron chi connectivity index (χ3n) is 7.87. The average Bonchev–Trinajstić information content (AvgIpc) is 3.65. The number of aromatic nitrogens is 3. The summed E-state index contributed by atoms with van der Waals surface area (Å²) in [6.45, 7) is 6.21. The minimum Gasteiger partial charge on any atom is -0.494 e. The van der Waals surface area contributed by atoms with Crippen molar-refractivity contribution >= 4 is 29.4 Å². The van der Waals surface area contributed by atoms with E-state index in [0.29, 0.717) is 38.5 Å². The molecule has 3 heterocycles. The van der Waals surface area contributed by atoms with Crippen LogP contribution >= 0.6 is 11.3 Å². The molecule has 1 aliphatic rings. The van der Waals surface area contributed by atoms with Crippen molar-refractivity contribution < 1.29 is 23.8 Å². The number of allylic oxidation sites excluding steroid dienone is 1. The highest BCUT2D eigenvalue weighted by Crippen LogP contribution is 2.32. The molecule has 1 atom stereocenters. The SMILES string of the molecule is CCOc1ccc(-c2nn(-c3ccccc3)cc2C=c2sc3n(c2=O)C(c2ccc(C(=O)OC)cc2)C(C(=O)OC)=C(C)N=3)cc1C. The van der Waals surface area contributed by atoms with Crippen molar-refractivity contribution in [2.45, 2.75) is 26.8 Å². The zero-order valence-electron chi connectivity index (χ0n) is 26.5. The van der Waals surface area contributed by atoms with Crippen molar-refractivity contribution in [3.8, 4) is 22.7 Å². The molecule has 238 valence electrons. The second-order valence-corrected chi connectivity index (χ2v) is 11.8. The number of benzene rings is 3. The summed E-state index contributed by atoms with van der Waals surface area (Å²) in [5.74, 6) is -0.292. The number of nitrogens with zero attached hydrogens (tertiary/aromatic N) is 4. The highest BCUT2D eigenvalue weighted by Gasteiger charge is 2.33. The van der Waals surface area contributed by atoms with Crippen LogP contribution in [0.2, 0.25) is 0 Å². The van der Waals surface area contributed by atoms with Crippen LogP contribution in [0.15, 0.2) is 100 Å². The molecule has 11 heteroatoms. The first-order valence-electron chi connectivity index (χ1n) is 14.9. The van der Waals surface area contributed by atoms with Crippen molar-refractivity contribution in [3.05, 3.63) is 132 Å². The molecule has 0 aliphatic carbocycles. The third kappa shape index (κ3) is 5.93. The largest absolute Gasteiger partial charge is 0.494 e. The maximum atomic E-state index is 14.3. The summed E-state index contributed by atoms with van der Waals surface area (Å²) in [5, 5.41) is 4.94. The number of rotatable bonds is 8. The van der Waals surface area contributed by atoms with Gasteiger partial charge in [0.25, 0.3) is 5.56 Å². The number of hydrogen-bond acceptors (Lipinski definition) is 9. The van der Waals surface area contributed by atoms with Crippen LogP contribution in [0.25, 0.3) is 23.0 Å². The Bertz CT molecular complexity index is 2210. The van der Waals surface area contributed by atoms with E-state index in [0.717, 1.165) is 28.1 Å². The van der Waals surface area contributed by atoms with Crippen LogP contribution in [0.1, 0.15) is 46.9 Å². The van der Waals surface area contributed by atoms with Crippen LogP contribution in [0, 0.1) is 6.92 Å². The molecule has 3 aromatic carbocycles. The van der Waals surface area contributed by atoms with Gasteiger partial charge in [-0.15, -0.1) is 0 Å². The van der Waals surface area contributed by atoms with E-state index in [2.05, 4.69) is 4.99 Å². The first-order chi connectivity index (χ1) is 22.7. The molecule has 0 radical (unpaired) electrons. The van der Waals surface area contributed by atoms with Gasteiger partial charge in [0.05, 0.1) is 53.9 Å². The molecule has 0 amide bonds. The van der Waals surface area contributed by atoms with E-state index in [1.165, 1.54) is 30.1 Å². The zero-order chi connectivity index (χ0) is 33.2. The summed E-state index contributed by atoms with van der Waals surface area (Å²) >= 11 is 1.22. The number of esters is 2. The number of ether oxygens (including phenoxy) is 3. The Balaban J connectivity index is 1.54. The molecule has 6 rings (SSSR count). The van der Waals surface area contributed by atoms with Crippen LogP contribution in [-0.4, -0.2) is 47.1 Å². The summed E-state index contributed by atoms with van der Waals surface area (Å²) in [7, 11) is 2.60. The van der Waals surface area contributed by atoms with Crippen molar-refractivity contribution in [2.24, 2.45) is 4.99 Å². The molecule has 47 heavy (non-hydrogen) atoms. The molecule has 0 fully saturated rings. The topological polar surface area (TPSA) is 114 Å². The van der Waals surface area contributed by atoms with Gasteiger partial charge in [-0.1, -0.05) is 41.7 Å². The summed E-state index contributed by atoms with van der Waals surface area (Å²) in [5.41, 5.74) is 5.42. The van der Waals surface area contributed by atoms with Crippen LogP contribution in [0.3, 0.4) is 0 Å². The van der Waals surface area contributed by atoms with Crippen LogP contribution < -0.4 is 19.6 Å². The molecule has 1 unspecified atom stereocenters. The normalized spacial score (nSPS) is 14.4. The number of fused-ring (bicyclic) bond motifs is 1. The number of thiazole rings is 1. The molecule has 5 aromatic rings. The van der Waals surface area contributed by atoms with Crippen molar-refractivity contribution in [1.82, 2.24) is 14.3 Å². The number of hydrogen-bond donors (Lipinski definition) is 0. The monoisotopic (exact) mass is 648 g/mol. The first-order valence-corrected chi connectivity index (χ1v) is 15.7. The first kappa shape index (κ1) is 31.4. The van der Waals surface area contributed by atoms with E-state index in [9.17, 15) is 14.4 Å². The average molecular weight is 649 g/mol. The lowest BCUT2D eigenvalue weighted by molar-refractivity contribution is -0.136. The van der Waals surface area contributed by atoms with Crippen molar-refractivity contribution in [3.63, 3.8) is 0 Å². The van der Waals surface area contributed by atoms with E-state index < -0.39 is 18.0 Å². The molecular formula is C36H32N4O6S. The van der Waals surface area contributed by atoms with Crippen molar-refractivity contribution in [2.75, 3.05) is 20.8 Å². The molecule has 0 N–H and O–H groups in total. The minimum atomic E-state index is -0.826. The van der Waals surface area contributed by atoms with Gasteiger partial charge in [-0.25, -0.2) is 19.3 Å². The highest BCUT2D eigenvalue weighted by atomic mass is 32.1. The van der Waals surface area contributed by atoms with Crippen LogP contribution in [0.5, 0.6) is 5.75 Å². The molecule has 0 saturated heterocycles. The predicted octanol–water partition coefficient (Wildman–Crippen LogP) is 4.75. The second-order valence-electron chi connectivity index (χ2n) is 10.8. The Hall–Kier alpha value is -5.55. The third-order valence-corrected chi connectivity index (χ3v) is 8.86. The van der Waals surface area contributed by atoms with Gasteiger partial charge in [0, 0.05) is 17.3 Å². The molecule has 0 spiro atoms. The summed E-state index contributed by atoms with van der Waals surface area (Å²) in [6, 6.07) is 21.4. The molecule has 2 aromatic heterocycles. The Kier molecular flexibility index (Phi) is 8.73. The lowest BCUT2D eigenvalue weighted by atomic mass is 9.95. The Morgan fingerprint density at radius 2 is 1.68 bits per heavy atom. The second kappa shape index (κ2) is 13.1. The van der Waals surface area contributed by atoms with E-state index in [1.54, 1.807) is 35.9 Å². The van der Waals surface area contributed by atoms with Gasteiger partial charge in [0.2, 0.25) is 0 Å². The highest BCUT2D eigenvalue weighted by molar-refractivity contribution is 7.07. The van der Waals surface area contributed by atoms with E-state index in [-0.39, 0.29) is 11.1 Å². The van der Waals surface area contributed by atoms with Gasteiger partial charge in [0.15, 0.2) is 4.80 Å². The fraction of sp³-hybridized carbons (Fsp3) is 0.194. The number of carbonyl (C=O) groups excluding carboxylic acids is 2. The van der Waals surface area contributed by atoms with Gasteiger partial charge >= 0.3 is 11.9 Å². The Morgan fingerprint density at radius 1 is 0.957 bits per heavy atom. The van der Waals surface area contributed by atoms with Crippen LogP contribution in [0.4, 0.5) is 0 Å². The number of para-hydroxylation sites is 1. The van der Waals surface area contributed by atoms with Gasteiger partial charge < -0.3 is 14.2 Å². The zero-order valence-corrected chi connectivity index (χ0v) is 27.3. The quantitative estimate of drug-likeness (QED) is 0.223.